The molecule has 2 aromatic rings. The Kier molecular flexibility index (Phi) is 4.89. The van der Waals surface area contributed by atoms with Gasteiger partial charge in [-0.1, -0.05) is 12.1 Å². The fourth-order valence-electron chi connectivity index (χ4n) is 2.77. The van der Waals surface area contributed by atoms with Crippen LogP contribution in [0.15, 0.2) is 35.2 Å². The summed E-state index contributed by atoms with van der Waals surface area (Å²) in [5, 5.41) is 10.8. The van der Waals surface area contributed by atoms with Crippen LogP contribution in [-0.2, 0) is 19.9 Å². The molecule has 2 N–H and O–H groups in total. The van der Waals surface area contributed by atoms with E-state index in [9.17, 15) is 16.8 Å². The Bertz CT molecular complexity index is 1020. The molecule has 1 atom stereocenters. The van der Waals surface area contributed by atoms with Gasteiger partial charge in [0.2, 0.25) is 0 Å². The zero-order valence-corrected chi connectivity index (χ0v) is 16.1. The molecule has 1 aromatic carbocycles. The number of rotatable bonds is 5. The number of nitrogens with zero attached hydrogens (tertiary/aromatic N) is 2. The molecule has 8 nitrogen and oxygen atoms in total. The molecule has 0 spiro atoms. The lowest BCUT2D eigenvalue weighted by molar-refractivity contribution is 0.599. The van der Waals surface area contributed by atoms with Gasteiger partial charge >= 0.3 is 0 Å². The third-order valence-electron chi connectivity index (χ3n) is 4.12. The van der Waals surface area contributed by atoms with Gasteiger partial charge in [-0.2, -0.15) is 0 Å². The Morgan fingerprint density at radius 1 is 1.08 bits per heavy atom. The van der Waals surface area contributed by atoms with Crippen LogP contribution in [0.3, 0.4) is 0 Å². The van der Waals surface area contributed by atoms with Crippen LogP contribution in [0.5, 0.6) is 0 Å². The van der Waals surface area contributed by atoms with E-state index in [0.29, 0.717) is 17.8 Å². The minimum atomic E-state index is -3.77. The highest BCUT2D eigenvalue weighted by Crippen LogP contribution is 2.20. The maximum atomic E-state index is 12.5. The molecule has 1 aliphatic rings. The molecule has 1 aliphatic heterocycles. The molecule has 3 rings (SSSR count). The van der Waals surface area contributed by atoms with Gasteiger partial charge in [-0.05, 0) is 49.6 Å². The quantitative estimate of drug-likeness (QED) is 0.786. The molecule has 1 unspecified atom stereocenters. The predicted octanol–water partition coefficient (Wildman–Crippen LogP) is 1.49. The van der Waals surface area contributed by atoms with Crippen LogP contribution in [0, 0.1) is 13.8 Å². The van der Waals surface area contributed by atoms with Crippen molar-refractivity contribution in [1.82, 2.24) is 10.2 Å². The summed E-state index contributed by atoms with van der Waals surface area (Å²) in [5.74, 6) is 0.721. The van der Waals surface area contributed by atoms with Crippen molar-refractivity contribution in [2.75, 3.05) is 21.5 Å². The molecule has 2 heterocycles. The van der Waals surface area contributed by atoms with Crippen molar-refractivity contribution < 1.29 is 16.8 Å². The van der Waals surface area contributed by atoms with Gasteiger partial charge in [0.1, 0.15) is 5.82 Å². The van der Waals surface area contributed by atoms with Crippen molar-refractivity contribution in [2.45, 2.75) is 31.2 Å². The zero-order valence-electron chi connectivity index (χ0n) is 14.4. The van der Waals surface area contributed by atoms with Gasteiger partial charge in [0.15, 0.2) is 15.7 Å². The van der Waals surface area contributed by atoms with Gasteiger partial charge in [-0.25, -0.2) is 16.8 Å². The normalized spacial score (nSPS) is 19.2. The van der Waals surface area contributed by atoms with Crippen LogP contribution in [0.1, 0.15) is 17.5 Å². The standard InChI is InChI=1S/C16H20N4O4S2/c1-11-3-4-12(2)14(9-11)26(23,24)20-16-6-5-15(18-19-16)17-13-7-8-25(21,22)10-13/h3-6,9,13H,7-8,10H2,1-2H3,(H,17,18)(H,19,20). The number of anilines is 2. The van der Waals surface area contributed by atoms with Crippen LogP contribution in [0.2, 0.25) is 0 Å². The smallest absolute Gasteiger partial charge is 0.263 e. The molecule has 0 bridgehead atoms. The number of aromatic nitrogens is 2. The zero-order chi connectivity index (χ0) is 18.9. The van der Waals surface area contributed by atoms with Crippen LogP contribution in [0.4, 0.5) is 11.6 Å². The number of aryl methyl sites for hydroxylation is 2. The molecule has 140 valence electrons. The molecule has 0 amide bonds. The van der Waals surface area contributed by atoms with Crippen molar-refractivity contribution in [2.24, 2.45) is 0 Å². The lowest BCUT2D eigenvalue weighted by atomic mass is 10.2. The highest BCUT2D eigenvalue weighted by molar-refractivity contribution is 7.92. The Morgan fingerprint density at radius 2 is 1.77 bits per heavy atom. The number of sulfonamides is 1. The lowest BCUT2D eigenvalue weighted by Crippen LogP contribution is -2.21. The average molecular weight is 396 g/mol. The number of hydrogen-bond donors (Lipinski definition) is 2. The van der Waals surface area contributed by atoms with Gasteiger partial charge in [-0.15, -0.1) is 10.2 Å². The Morgan fingerprint density at radius 3 is 2.38 bits per heavy atom. The molecule has 0 saturated carbocycles. The molecule has 10 heteroatoms. The van der Waals surface area contributed by atoms with E-state index in [0.717, 1.165) is 5.56 Å². The second-order valence-corrected chi connectivity index (χ2v) is 10.3. The van der Waals surface area contributed by atoms with Gasteiger partial charge in [0.05, 0.1) is 16.4 Å². The van der Waals surface area contributed by atoms with Gasteiger partial charge in [0, 0.05) is 6.04 Å². The number of hydrogen-bond acceptors (Lipinski definition) is 7. The van der Waals surface area contributed by atoms with Crippen LogP contribution in [-0.4, -0.2) is 44.6 Å². The number of benzene rings is 1. The van der Waals surface area contributed by atoms with Crippen molar-refractivity contribution in [3.63, 3.8) is 0 Å². The van der Waals surface area contributed by atoms with Gasteiger partial charge in [0.25, 0.3) is 10.0 Å². The van der Waals surface area contributed by atoms with Gasteiger partial charge in [-0.3, -0.25) is 4.72 Å². The SMILES string of the molecule is Cc1ccc(C)c(S(=O)(=O)Nc2ccc(NC3CCS(=O)(=O)C3)nn2)c1. The average Bonchev–Trinajstić information content (AvgIpc) is 2.90. The first-order valence-electron chi connectivity index (χ1n) is 8.05. The highest BCUT2D eigenvalue weighted by Gasteiger charge is 2.28. The number of nitrogens with one attached hydrogen (secondary N) is 2. The summed E-state index contributed by atoms with van der Waals surface area (Å²) in [4.78, 5) is 0.192. The Labute approximate surface area is 153 Å². The van der Waals surface area contributed by atoms with E-state index in [2.05, 4.69) is 20.2 Å². The van der Waals surface area contributed by atoms with Crippen LogP contribution in [0.25, 0.3) is 0 Å². The Balaban J connectivity index is 1.72. The van der Waals surface area contributed by atoms with Crippen molar-refractivity contribution >= 4 is 31.5 Å². The molecular formula is C16H20N4O4S2. The summed E-state index contributed by atoms with van der Waals surface area (Å²) in [6, 6.07) is 8.05. The van der Waals surface area contributed by atoms with Crippen molar-refractivity contribution in [3.05, 3.63) is 41.5 Å². The fourth-order valence-corrected chi connectivity index (χ4v) is 5.77. The predicted molar refractivity (Wildman–Crippen MR) is 99.4 cm³/mol. The monoisotopic (exact) mass is 396 g/mol. The van der Waals surface area contributed by atoms with E-state index < -0.39 is 19.9 Å². The molecule has 0 radical (unpaired) electrons. The van der Waals surface area contributed by atoms with E-state index in [-0.39, 0.29) is 28.3 Å². The maximum absolute atomic E-state index is 12.5. The van der Waals surface area contributed by atoms with Gasteiger partial charge < -0.3 is 5.32 Å². The molecule has 1 saturated heterocycles. The molecule has 1 aromatic heterocycles. The molecule has 0 aliphatic carbocycles. The summed E-state index contributed by atoms with van der Waals surface area (Å²) in [7, 11) is -6.76. The van der Waals surface area contributed by atoms with Crippen molar-refractivity contribution in [1.29, 1.82) is 0 Å². The first kappa shape index (κ1) is 18.6. The minimum absolute atomic E-state index is 0.0652. The minimum Gasteiger partial charge on any atom is -0.365 e. The van der Waals surface area contributed by atoms with E-state index in [1.165, 1.54) is 6.07 Å². The van der Waals surface area contributed by atoms with E-state index in [1.54, 1.807) is 25.1 Å². The summed E-state index contributed by atoms with van der Waals surface area (Å²) in [6.45, 7) is 3.55. The summed E-state index contributed by atoms with van der Waals surface area (Å²) >= 11 is 0. The van der Waals surface area contributed by atoms with E-state index in [1.807, 2.05) is 13.0 Å². The first-order valence-corrected chi connectivity index (χ1v) is 11.4. The van der Waals surface area contributed by atoms with E-state index >= 15 is 0 Å². The fraction of sp³-hybridized carbons (Fsp3) is 0.375. The summed E-state index contributed by atoms with van der Waals surface area (Å²) in [5.41, 5.74) is 1.48. The molecule has 26 heavy (non-hydrogen) atoms. The second-order valence-electron chi connectivity index (χ2n) is 6.42. The summed E-state index contributed by atoms with van der Waals surface area (Å²) < 4.78 is 50.5. The molecule has 1 fully saturated rings. The maximum Gasteiger partial charge on any atom is 0.263 e. The molecular weight excluding hydrogens is 376 g/mol. The largest absolute Gasteiger partial charge is 0.365 e. The van der Waals surface area contributed by atoms with Crippen LogP contribution < -0.4 is 10.0 Å². The number of sulfone groups is 1. The second kappa shape index (κ2) is 6.84. The van der Waals surface area contributed by atoms with E-state index in [4.69, 9.17) is 0 Å². The topological polar surface area (TPSA) is 118 Å². The highest BCUT2D eigenvalue weighted by atomic mass is 32.2. The lowest BCUT2D eigenvalue weighted by Gasteiger charge is -2.12. The Hall–Kier alpha value is -2.20. The van der Waals surface area contributed by atoms with Crippen LogP contribution >= 0.6 is 0 Å². The first-order chi connectivity index (χ1) is 12.1. The third-order valence-corrected chi connectivity index (χ3v) is 7.39. The summed E-state index contributed by atoms with van der Waals surface area (Å²) in [6.07, 6.45) is 0.519. The third kappa shape index (κ3) is 4.31. The van der Waals surface area contributed by atoms with Crippen molar-refractivity contribution in [3.8, 4) is 0 Å².